The Morgan fingerprint density at radius 2 is 1.68 bits per heavy atom. The number of halogens is 1. The number of nitrogens with zero attached hydrogens (tertiary/aromatic N) is 1. The molecule has 0 aliphatic carbocycles. The van der Waals surface area contributed by atoms with Crippen molar-refractivity contribution in [3.8, 4) is 17.2 Å². The van der Waals surface area contributed by atoms with Gasteiger partial charge in [-0.25, -0.2) is 9.18 Å². The largest absolute Gasteiger partial charge is 0.456 e. The first kappa shape index (κ1) is 15.7. The highest BCUT2D eigenvalue weighted by Crippen LogP contribution is 2.23. The third-order valence-electron chi connectivity index (χ3n) is 2.94. The molecule has 0 bridgehead atoms. The lowest BCUT2D eigenvalue weighted by molar-refractivity contribution is 0.00696. The highest BCUT2D eigenvalue weighted by molar-refractivity contribution is 5.90. The van der Waals surface area contributed by atoms with Crippen molar-refractivity contribution in [2.45, 2.75) is 26.4 Å². The molecule has 0 N–H and O–H groups in total. The van der Waals surface area contributed by atoms with Crippen molar-refractivity contribution in [2.75, 3.05) is 0 Å². The van der Waals surface area contributed by atoms with Gasteiger partial charge in [-0.1, -0.05) is 18.2 Å². The number of benzene rings is 2. The van der Waals surface area contributed by atoms with Gasteiger partial charge < -0.3 is 4.74 Å². The van der Waals surface area contributed by atoms with Gasteiger partial charge in [0.1, 0.15) is 17.5 Å². The van der Waals surface area contributed by atoms with Crippen LogP contribution in [0, 0.1) is 17.1 Å². The smallest absolute Gasteiger partial charge is 0.338 e. The number of rotatable bonds is 2. The predicted molar refractivity (Wildman–Crippen MR) is 81.7 cm³/mol. The standard InChI is InChI=1S/C18H16FNO2/c1-18(2,3)22-17(21)13-6-4-12(5-7-13)14-8-9-15(11-20)16(19)10-14/h4-10H,1-3H3. The second kappa shape index (κ2) is 5.98. The van der Waals surface area contributed by atoms with E-state index in [4.69, 9.17) is 10.00 Å². The van der Waals surface area contributed by atoms with Gasteiger partial charge in [-0.15, -0.1) is 0 Å². The minimum atomic E-state index is -0.559. The van der Waals surface area contributed by atoms with Crippen LogP contribution in [0.5, 0.6) is 0 Å². The minimum absolute atomic E-state index is 0.00845. The number of nitriles is 1. The first-order valence-electron chi connectivity index (χ1n) is 6.83. The normalized spacial score (nSPS) is 10.9. The highest BCUT2D eigenvalue weighted by Gasteiger charge is 2.17. The summed E-state index contributed by atoms with van der Waals surface area (Å²) < 4.78 is 18.9. The van der Waals surface area contributed by atoms with Crippen LogP contribution in [-0.2, 0) is 4.74 Å². The molecule has 0 saturated carbocycles. The van der Waals surface area contributed by atoms with Gasteiger partial charge in [-0.3, -0.25) is 0 Å². The molecule has 0 aliphatic heterocycles. The summed E-state index contributed by atoms with van der Waals surface area (Å²) in [6.07, 6.45) is 0. The maximum atomic E-state index is 13.6. The van der Waals surface area contributed by atoms with Crippen molar-refractivity contribution >= 4 is 5.97 Å². The SMILES string of the molecule is CC(C)(C)OC(=O)c1ccc(-c2ccc(C#N)c(F)c2)cc1. The van der Waals surface area contributed by atoms with E-state index in [1.807, 2.05) is 0 Å². The molecule has 3 nitrogen and oxygen atoms in total. The molecule has 4 heteroatoms. The van der Waals surface area contributed by atoms with Gasteiger partial charge in [-0.2, -0.15) is 5.26 Å². The quantitative estimate of drug-likeness (QED) is 0.776. The van der Waals surface area contributed by atoms with E-state index in [1.165, 1.54) is 12.1 Å². The number of ether oxygens (including phenoxy) is 1. The zero-order valence-electron chi connectivity index (χ0n) is 12.7. The maximum absolute atomic E-state index is 13.6. The summed E-state index contributed by atoms with van der Waals surface area (Å²) in [5.41, 5.74) is 1.30. The first-order chi connectivity index (χ1) is 10.3. The van der Waals surface area contributed by atoms with Crippen LogP contribution in [0.25, 0.3) is 11.1 Å². The van der Waals surface area contributed by atoms with Crippen molar-refractivity contribution in [3.05, 3.63) is 59.4 Å². The van der Waals surface area contributed by atoms with E-state index < -0.39 is 17.4 Å². The molecule has 0 saturated heterocycles. The number of carbonyl (C=O) groups excluding carboxylic acids is 1. The molecule has 0 unspecified atom stereocenters. The molecule has 0 aliphatic rings. The van der Waals surface area contributed by atoms with Crippen LogP contribution in [0.1, 0.15) is 36.7 Å². The fraction of sp³-hybridized carbons (Fsp3) is 0.222. The lowest BCUT2D eigenvalue weighted by Gasteiger charge is -2.19. The number of hydrogen-bond acceptors (Lipinski definition) is 3. The summed E-state index contributed by atoms with van der Waals surface area (Å²) in [7, 11) is 0. The van der Waals surface area contributed by atoms with E-state index in [2.05, 4.69) is 0 Å². The van der Waals surface area contributed by atoms with Crippen molar-refractivity contribution in [1.29, 1.82) is 5.26 Å². The van der Waals surface area contributed by atoms with E-state index in [0.29, 0.717) is 11.1 Å². The first-order valence-corrected chi connectivity index (χ1v) is 6.83. The molecule has 0 fully saturated rings. The molecule has 0 aromatic heterocycles. The summed E-state index contributed by atoms with van der Waals surface area (Å²) in [6.45, 7) is 5.41. The van der Waals surface area contributed by atoms with E-state index in [1.54, 1.807) is 57.2 Å². The average Bonchev–Trinajstić information content (AvgIpc) is 2.45. The molecule has 0 spiro atoms. The maximum Gasteiger partial charge on any atom is 0.338 e. The summed E-state index contributed by atoms with van der Waals surface area (Å²) in [5, 5.41) is 8.73. The van der Waals surface area contributed by atoms with Crippen molar-refractivity contribution < 1.29 is 13.9 Å². The summed E-state index contributed by atoms with van der Waals surface area (Å²) in [5.74, 6) is -0.957. The van der Waals surface area contributed by atoms with Gasteiger partial charge >= 0.3 is 5.97 Å². The van der Waals surface area contributed by atoms with Gasteiger partial charge in [0.25, 0.3) is 0 Å². The van der Waals surface area contributed by atoms with Crippen molar-refractivity contribution in [1.82, 2.24) is 0 Å². The fourth-order valence-corrected chi connectivity index (χ4v) is 1.92. The van der Waals surface area contributed by atoms with Crippen LogP contribution in [0.4, 0.5) is 4.39 Å². The molecule has 0 atom stereocenters. The van der Waals surface area contributed by atoms with Crippen LogP contribution < -0.4 is 0 Å². The highest BCUT2D eigenvalue weighted by atomic mass is 19.1. The lowest BCUT2D eigenvalue weighted by atomic mass is 10.0. The zero-order valence-corrected chi connectivity index (χ0v) is 12.7. The summed E-state index contributed by atoms with van der Waals surface area (Å²) >= 11 is 0. The number of hydrogen-bond donors (Lipinski definition) is 0. The van der Waals surface area contributed by atoms with Crippen molar-refractivity contribution in [3.63, 3.8) is 0 Å². The van der Waals surface area contributed by atoms with Crippen LogP contribution in [0.2, 0.25) is 0 Å². The molecule has 0 heterocycles. The second-order valence-corrected chi connectivity index (χ2v) is 5.89. The third-order valence-corrected chi connectivity index (χ3v) is 2.94. The predicted octanol–water partition coefficient (Wildman–Crippen LogP) is 4.32. The number of carbonyl (C=O) groups is 1. The number of esters is 1. The Balaban J connectivity index is 2.24. The van der Waals surface area contributed by atoms with Gasteiger partial charge in [0.15, 0.2) is 0 Å². The van der Waals surface area contributed by atoms with Crippen LogP contribution in [-0.4, -0.2) is 11.6 Å². The van der Waals surface area contributed by atoms with Crippen molar-refractivity contribution in [2.24, 2.45) is 0 Å². The van der Waals surface area contributed by atoms with Crippen LogP contribution in [0.15, 0.2) is 42.5 Å². The van der Waals surface area contributed by atoms with Gasteiger partial charge in [0, 0.05) is 0 Å². The molecule has 112 valence electrons. The molecule has 22 heavy (non-hydrogen) atoms. The molecular weight excluding hydrogens is 281 g/mol. The van der Waals surface area contributed by atoms with E-state index in [-0.39, 0.29) is 5.56 Å². The van der Waals surface area contributed by atoms with Crippen LogP contribution >= 0.6 is 0 Å². The Labute approximate surface area is 129 Å². The van der Waals surface area contributed by atoms with Crippen LogP contribution in [0.3, 0.4) is 0 Å². The zero-order chi connectivity index (χ0) is 16.3. The minimum Gasteiger partial charge on any atom is -0.456 e. The topological polar surface area (TPSA) is 50.1 Å². The van der Waals surface area contributed by atoms with Gasteiger partial charge in [0.2, 0.25) is 0 Å². The van der Waals surface area contributed by atoms with E-state index in [0.717, 1.165) is 5.56 Å². The molecule has 0 radical (unpaired) electrons. The third kappa shape index (κ3) is 3.70. The average molecular weight is 297 g/mol. The van der Waals surface area contributed by atoms with E-state index >= 15 is 0 Å². The molecule has 0 amide bonds. The Bertz CT molecular complexity index is 737. The summed E-state index contributed by atoms with van der Waals surface area (Å²) in [4.78, 5) is 11.9. The molecule has 2 rings (SSSR count). The Morgan fingerprint density at radius 1 is 1.09 bits per heavy atom. The lowest BCUT2D eigenvalue weighted by Crippen LogP contribution is -2.23. The molecular formula is C18H16FNO2. The Hall–Kier alpha value is -2.67. The van der Waals surface area contributed by atoms with E-state index in [9.17, 15) is 9.18 Å². The Kier molecular flexibility index (Phi) is 4.27. The van der Waals surface area contributed by atoms with Gasteiger partial charge in [0.05, 0.1) is 11.1 Å². The molecule has 2 aromatic rings. The van der Waals surface area contributed by atoms with Gasteiger partial charge in [-0.05, 0) is 56.2 Å². The fourth-order valence-electron chi connectivity index (χ4n) is 1.92. The molecule has 2 aromatic carbocycles. The monoisotopic (exact) mass is 297 g/mol. The second-order valence-electron chi connectivity index (χ2n) is 5.89. The summed E-state index contributed by atoms with van der Waals surface area (Å²) in [6, 6.07) is 12.9. The Morgan fingerprint density at radius 3 is 2.18 bits per heavy atom.